The van der Waals surface area contributed by atoms with Gasteiger partial charge < -0.3 is 9.47 Å². The van der Waals surface area contributed by atoms with Gasteiger partial charge in [0.2, 0.25) is 5.91 Å². The first kappa shape index (κ1) is 21.5. The van der Waals surface area contributed by atoms with E-state index in [-0.39, 0.29) is 29.2 Å². The van der Waals surface area contributed by atoms with Crippen LogP contribution in [0.25, 0.3) is 11.4 Å². The molecule has 0 radical (unpaired) electrons. The first-order valence-electron chi connectivity index (χ1n) is 9.89. The fourth-order valence-corrected chi connectivity index (χ4v) is 6.15. The minimum Gasteiger partial charge on any atom is -0.334 e. The van der Waals surface area contributed by atoms with Gasteiger partial charge in [0.25, 0.3) is 0 Å². The van der Waals surface area contributed by atoms with E-state index in [2.05, 4.69) is 15.2 Å². The molecule has 8 nitrogen and oxygen atoms in total. The van der Waals surface area contributed by atoms with Gasteiger partial charge in [-0.3, -0.25) is 9.78 Å². The summed E-state index contributed by atoms with van der Waals surface area (Å²) in [7, 11) is -1.25. The zero-order chi connectivity index (χ0) is 21.8. The Balaban J connectivity index is 1.48. The summed E-state index contributed by atoms with van der Waals surface area (Å²) in [5, 5.41) is 9.05. The van der Waals surface area contributed by atoms with Crippen LogP contribution in [0.1, 0.15) is 12.0 Å². The monoisotopic (exact) mass is 457 g/mol. The van der Waals surface area contributed by atoms with Crippen molar-refractivity contribution in [1.82, 2.24) is 24.6 Å². The number of aromatic nitrogens is 4. The van der Waals surface area contributed by atoms with Gasteiger partial charge in [-0.05, 0) is 24.1 Å². The molecule has 1 aliphatic rings. The highest BCUT2D eigenvalue weighted by atomic mass is 32.2. The second-order valence-electron chi connectivity index (χ2n) is 7.46. The van der Waals surface area contributed by atoms with Crippen LogP contribution in [0.3, 0.4) is 0 Å². The van der Waals surface area contributed by atoms with E-state index >= 15 is 0 Å². The van der Waals surface area contributed by atoms with Crippen LogP contribution in [0.5, 0.6) is 0 Å². The van der Waals surface area contributed by atoms with Gasteiger partial charge >= 0.3 is 0 Å². The highest BCUT2D eigenvalue weighted by molar-refractivity contribution is 7.99. The number of carbonyl (C=O) groups excluding carboxylic acids is 1. The Morgan fingerprint density at radius 2 is 2.00 bits per heavy atom. The summed E-state index contributed by atoms with van der Waals surface area (Å²) >= 11 is 1.30. The van der Waals surface area contributed by atoms with Crippen LogP contribution in [0, 0.1) is 0 Å². The number of rotatable bonds is 7. The zero-order valence-corrected chi connectivity index (χ0v) is 18.7. The van der Waals surface area contributed by atoms with Crippen molar-refractivity contribution in [3.63, 3.8) is 0 Å². The van der Waals surface area contributed by atoms with Crippen molar-refractivity contribution in [2.24, 2.45) is 7.05 Å². The molecule has 1 fully saturated rings. The third-order valence-corrected chi connectivity index (χ3v) is 8.00. The van der Waals surface area contributed by atoms with Gasteiger partial charge in [0.05, 0.1) is 17.3 Å². The van der Waals surface area contributed by atoms with Gasteiger partial charge in [0.1, 0.15) is 0 Å². The fraction of sp³-hybridized carbons (Fsp3) is 0.333. The maximum absolute atomic E-state index is 13.1. The maximum Gasteiger partial charge on any atom is 0.233 e. The van der Waals surface area contributed by atoms with Gasteiger partial charge in [-0.25, -0.2) is 8.42 Å². The molecule has 162 valence electrons. The molecule has 1 unspecified atom stereocenters. The van der Waals surface area contributed by atoms with Gasteiger partial charge in [-0.15, -0.1) is 10.2 Å². The van der Waals surface area contributed by atoms with Gasteiger partial charge in [0, 0.05) is 37.6 Å². The molecular weight excluding hydrogens is 434 g/mol. The maximum atomic E-state index is 13.1. The number of carbonyl (C=O) groups is 1. The Morgan fingerprint density at radius 3 is 2.68 bits per heavy atom. The van der Waals surface area contributed by atoms with Gasteiger partial charge in [-0.2, -0.15) is 0 Å². The third-order valence-electron chi connectivity index (χ3n) is 5.24. The molecule has 3 aromatic rings. The molecule has 31 heavy (non-hydrogen) atoms. The minimum atomic E-state index is -3.10. The van der Waals surface area contributed by atoms with E-state index in [1.807, 2.05) is 54.1 Å². The van der Waals surface area contributed by atoms with Crippen LogP contribution in [-0.2, 0) is 28.2 Å². The summed E-state index contributed by atoms with van der Waals surface area (Å²) in [4.78, 5) is 19.0. The van der Waals surface area contributed by atoms with E-state index in [4.69, 9.17) is 0 Å². The van der Waals surface area contributed by atoms with Crippen molar-refractivity contribution in [3.8, 4) is 11.4 Å². The summed E-state index contributed by atoms with van der Waals surface area (Å²) in [6.45, 7) is 0.389. The predicted molar refractivity (Wildman–Crippen MR) is 119 cm³/mol. The van der Waals surface area contributed by atoms with Crippen molar-refractivity contribution >= 4 is 27.5 Å². The molecule has 0 spiro atoms. The lowest BCUT2D eigenvalue weighted by Crippen LogP contribution is -2.41. The average molecular weight is 458 g/mol. The van der Waals surface area contributed by atoms with Crippen molar-refractivity contribution in [3.05, 3.63) is 60.4 Å². The SMILES string of the molecule is Cn1c(SCC(=O)N(Cc2ccccc2)C2CCS(=O)(=O)C2)nnc1-c1cccnc1. The second-order valence-corrected chi connectivity index (χ2v) is 10.6. The summed E-state index contributed by atoms with van der Waals surface area (Å²) in [5.41, 5.74) is 1.82. The summed E-state index contributed by atoms with van der Waals surface area (Å²) in [6, 6.07) is 13.1. The number of benzene rings is 1. The van der Waals surface area contributed by atoms with E-state index in [0.717, 1.165) is 11.1 Å². The second kappa shape index (κ2) is 9.19. The number of amides is 1. The quantitative estimate of drug-likeness (QED) is 0.502. The number of hydrogen-bond acceptors (Lipinski definition) is 7. The molecule has 0 bridgehead atoms. The predicted octanol–water partition coefficient (Wildman–Crippen LogP) is 2.19. The Morgan fingerprint density at radius 1 is 1.19 bits per heavy atom. The first-order chi connectivity index (χ1) is 14.9. The molecule has 1 atom stereocenters. The standard InChI is InChI=1S/C21H23N5O3S2/c1-25-20(17-8-5-10-22-12-17)23-24-21(25)30-14-19(27)26(13-16-6-3-2-4-7-16)18-9-11-31(28,29)15-18/h2-8,10,12,18H,9,11,13-15H2,1H3. The van der Waals surface area contributed by atoms with Crippen LogP contribution in [0.15, 0.2) is 60.0 Å². The van der Waals surface area contributed by atoms with E-state index < -0.39 is 9.84 Å². The lowest BCUT2D eigenvalue weighted by molar-refractivity contribution is -0.130. The third kappa shape index (κ3) is 5.13. The summed E-state index contributed by atoms with van der Waals surface area (Å²) in [6.07, 6.45) is 3.88. The topological polar surface area (TPSA) is 98.1 Å². The van der Waals surface area contributed by atoms with Crippen LogP contribution in [-0.4, -0.2) is 62.3 Å². The largest absolute Gasteiger partial charge is 0.334 e. The molecule has 4 rings (SSSR count). The summed E-state index contributed by atoms with van der Waals surface area (Å²) < 4.78 is 25.9. The van der Waals surface area contributed by atoms with E-state index in [1.165, 1.54) is 11.8 Å². The number of pyridine rings is 1. The molecule has 2 aromatic heterocycles. The van der Waals surface area contributed by atoms with Gasteiger partial charge in [0.15, 0.2) is 20.8 Å². The molecular formula is C21H23N5O3S2. The number of nitrogens with zero attached hydrogens (tertiary/aromatic N) is 5. The Bertz CT molecular complexity index is 1150. The lowest BCUT2D eigenvalue weighted by atomic mass is 10.1. The fourth-order valence-electron chi connectivity index (χ4n) is 3.62. The zero-order valence-electron chi connectivity index (χ0n) is 17.1. The van der Waals surface area contributed by atoms with E-state index in [1.54, 1.807) is 17.3 Å². The molecule has 1 saturated heterocycles. The number of hydrogen-bond donors (Lipinski definition) is 0. The Hall–Kier alpha value is -2.72. The smallest absolute Gasteiger partial charge is 0.233 e. The van der Waals surface area contributed by atoms with Crippen LogP contribution in [0.4, 0.5) is 0 Å². The van der Waals surface area contributed by atoms with Crippen molar-refractivity contribution in [1.29, 1.82) is 0 Å². The molecule has 0 N–H and O–H groups in total. The minimum absolute atomic E-state index is 0.0192. The molecule has 10 heteroatoms. The lowest BCUT2D eigenvalue weighted by Gasteiger charge is -2.28. The molecule has 3 heterocycles. The number of sulfone groups is 1. The van der Waals surface area contributed by atoms with Crippen LogP contribution < -0.4 is 0 Å². The van der Waals surface area contributed by atoms with Gasteiger partial charge in [-0.1, -0.05) is 42.1 Å². The normalized spacial score (nSPS) is 17.5. The summed E-state index contributed by atoms with van der Waals surface area (Å²) in [5.74, 6) is 0.863. The molecule has 0 saturated carbocycles. The van der Waals surface area contributed by atoms with E-state index in [9.17, 15) is 13.2 Å². The molecule has 1 amide bonds. The van der Waals surface area contributed by atoms with Crippen LogP contribution in [0.2, 0.25) is 0 Å². The average Bonchev–Trinajstić information content (AvgIpc) is 3.33. The Kier molecular flexibility index (Phi) is 6.38. The first-order valence-corrected chi connectivity index (χ1v) is 12.7. The molecule has 1 aromatic carbocycles. The molecule has 1 aliphatic heterocycles. The molecule has 0 aliphatic carbocycles. The highest BCUT2D eigenvalue weighted by Crippen LogP contribution is 2.25. The van der Waals surface area contributed by atoms with Crippen LogP contribution >= 0.6 is 11.8 Å². The van der Waals surface area contributed by atoms with Crippen molar-refractivity contribution < 1.29 is 13.2 Å². The Labute approximate surface area is 185 Å². The van der Waals surface area contributed by atoms with E-state index in [0.29, 0.717) is 23.9 Å². The number of thioether (sulfide) groups is 1. The van der Waals surface area contributed by atoms with Crippen molar-refractivity contribution in [2.75, 3.05) is 17.3 Å². The highest BCUT2D eigenvalue weighted by Gasteiger charge is 2.34. The van der Waals surface area contributed by atoms with Crippen molar-refractivity contribution in [2.45, 2.75) is 24.2 Å².